The Morgan fingerprint density at radius 2 is 1.68 bits per heavy atom. The molecule has 0 amide bonds. The number of aliphatic hydroxyl groups is 1. The van der Waals surface area contributed by atoms with Gasteiger partial charge < -0.3 is 9.84 Å². The number of halogens is 1. The van der Waals surface area contributed by atoms with Crippen LogP contribution < -0.4 is 4.74 Å². The first-order chi connectivity index (χ1) is 19.0. The van der Waals surface area contributed by atoms with Gasteiger partial charge >= 0.3 is 10.5 Å². The highest BCUT2D eigenvalue weighted by atomic mass is 32.2. The van der Waals surface area contributed by atoms with Crippen LogP contribution in [0.2, 0.25) is 0 Å². The second-order valence-electron chi connectivity index (χ2n) is 11.7. The van der Waals surface area contributed by atoms with E-state index in [1.807, 2.05) is 12.1 Å². The van der Waals surface area contributed by atoms with Crippen molar-refractivity contribution in [1.29, 1.82) is 0 Å². The maximum absolute atomic E-state index is 14.0. The SMILES string of the molecule is Cc1cc(F)cc(C)c1Oc1ccc(C(C)(C)O)c(-c2c3c(nc(C4CCCCC4)c2N=S(=O)=O)CCCC3)c1. The van der Waals surface area contributed by atoms with Crippen LogP contribution in [-0.2, 0) is 28.9 Å². The van der Waals surface area contributed by atoms with Gasteiger partial charge in [0.2, 0.25) is 0 Å². The highest BCUT2D eigenvalue weighted by molar-refractivity contribution is 7.61. The van der Waals surface area contributed by atoms with Crippen LogP contribution in [0.1, 0.15) is 98.4 Å². The summed E-state index contributed by atoms with van der Waals surface area (Å²) in [5.74, 6) is 0.886. The van der Waals surface area contributed by atoms with Crippen molar-refractivity contribution in [3.8, 4) is 22.6 Å². The van der Waals surface area contributed by atoms with Crippen LogP contribution in [0, 0.1) is 19.7 Å². The third-order valence-electron chi connectivity index (χ3n) is 8.20. The fraction of sp³-hybridized carbons (Fsp3) is 0.469. The topological polar surface area (TPSA) is 88.8 Å². The van der Waals surface area contributed by atoms with Gasteiger partial charge in [-0.1, -0.05) is 25.3 Å². The monoisotopic (exact) mass is 564 g/mol. The van der Waals surface area contributed by atoms with Crippen LogP contribution in [0.5, 0.6) is 11.5 Å². The van der Waals surface area contributed by atoms with E-state index in [-0.39, 0.29) is 11.7 Å². The standard InChI is InChI=1S/C32H37FN2O4S/c1-19-16-22(33)17-20(2)31(19)39-23-14-15-26(32(3,4)36)25(18-23)28-24-12-8-9-13-27(24)34-29(30(28)35-40(37)38)21-10-6-5-7-11-21/h14-18,21,36H,5-13H2,1-4H3. The van der Waals surface area contributed by atoms with Crippen LogP contribution in [0.3, 0.4) is 0 Å². The summed E-state index contributed by atoms with van der Waals surface area (Å²) in [6, 6.07) is 8.34. The minimum Gasteiger partial charge on any atom is -0.457 e. The van der Waals surface area contributed by atoms with Gasteiger partial charge in [-0.05, 0) is 118 Å². The molecule has 212 valence electrons. The summed E-state index contributed by atoms with van der Waals surface area (Å²) >= 11 is 0. The van der Waals surface area contributed by atoms with Gasteiger partial charge in [0.15, 0.2) is 0 Å². The van der Waals surface area contributed by atoms with Gasteiger partial charge in [-0.15, -0.1) is 4.36 Å². The van der Waals surface area contributed by atoms with Gasteiger partial charge in [0.1, 0.15) is 23.0 Å². The van der Waals surface area contributed by atoms with E-state index in [0.29, 0.717) is 39.4 Å². The van der Waals surface area contributed by atoms with Crippen molar-refractivity contribution in [2.24, 2.45) is 4.36 Å². The number of pyridine rings is 1. The third-order valence-corrected chi connectivity index (χ3v) is 8.53. The molecule has 1 saturated carbocycles. The van der Waals surface area contributed by atoms with E-state index in [1.54, 1.807) is 33.8 Å². The Balaban J connectivity index is 1.80. The minimum atomic E-state index is -2.68. The molecule has 1 N–H and O–H groups in total. The third kappa shape index (κ3) is 5.84. The molecule has 2 aliphatic carbocycles. The van der Waals surface area contributed by atoms with Crippen LogP contribution in [-0.4, -0.2) is 18.5 Å². The van der Waals surface area contributed by atoms with E-state index < -0.39 is 16.1 Å². The first-order valence-electron chi connectivity index (χ1n) is 14.2. The summed E-state index contributed by atoms with van der Waals surface area (Å²) in [4.78, 5) is 5.09. The maximum atomic E-state index is 14.0. The number of ether oxygens (including phenoxy) is 1. The van der Waals surface area contributed by atoms with Crippen molar-refractivity contribution in [2.75, 3.05) is 0 Å². The second kappa shape index (κ2) is 11.4. The molecule has 6 nitrogen and oxygen atoms in total. The van der Waals surface area contributed by atoms with E-state index in [0.717, 1.165) is 73.9 Å². The molecule has 2 aliphatic rings. The van der Waals surface area contributed by atoms with Gasteiger partial charge in [-0.2, -0.15) is 8.42 Å². The Bertz CT molecular complexity index is 1550. The van der Waals surface area contributed by atoms with E-state index in [2.05, 4.69) is 4.36 Å². The zero-order chi connectivity index (χ0) is 28.6. The first-order valence-corrected chi connectivity index (χ1v) is 15.2. The van der Waals surface area contributed by atoms with Crippen molar-refractivity contribution in [3.63, 3.8) is 0 Å². The Morgan fingerprint density at radius 1 is 1.00 bits per heavy atom. The predicted molar refractivity (Wildman–Crippen MR) is 154 cm³/mol. The highest BCUT2D eigenvalue weighted by Gasteiger charge is 2.31. The molecule has 0 aliphatic heterocycles. The lowest BCUT2D eigenvalue weighted by Gasteiger charge is -2.30. The van der Waals surface area contributed by atoms with Crippen LogP contribution in [0.15, 0.2) is 34.7 Å². The molecule has 1 aromatic heterocycles. The zero-order valence-electron chi connectivity index (χ0n) is 23.7. The van der Waals surface area contributed by atoms with Gasteiger partial charge in [-0.3, -0.25) is 4.98 Å². The van der Waals surface area contributed by atoms with E-state index in [1.165, 1.54) is 18.6 Å². The summed E-state index contributed by atoms with van der Waals surface area (Å²) in [5.41, 5.74) is 5.30. The molecular formula is C32H37FN2O4S. The normalized spacial score (nSPS) is 15.9. The lowest BCUT2D eigenvalue weighted by Crippen LogP contribution is -2.19. The van der Waals surface area contributed by atoms with Gasteiger partial charge in [-0.25, -0.2) is 4.39 Å². The quantitative estimate of drug-likeness (QED) is 0.326. The predicted octanol–water partition coefficient (Wildman–Crippen LogP) is 8.14. The smallest absolute Gasteiger partial charge is 0.316 e. The molecule has 0 radical (unpaired) electrons. The first kappa shape index (κ1) is 28.4. The summed E-state index contributed by atoms with van der Waals surface area (Å²) in [5, 5.41) is 11.3. The molecule has 5 rings (SSSR count). The number of aryl methyl sites for hydroxylation is 3. The number of hydrogen-bond donors (Lipinski definition) is 1. The number of rotatable bonds is 6. The molecule has 8 heteroatoms. The lowest BCUT2D eigenvalue weighted by molar-refractivity contribution is 0.0791. The van der Waals surface area contributed by atoms with E-state index >= 15 is 0 Å². The van der Waals surface area contributed by atoms with Crippen molar-refractivity contribution < 1.29 is 22.7 Å². The summed E-state index contributed by atoms with van der Waals surface area (Å²) in [6.07, 6.45) is 8.78. The van der Waals surface area contributed by atoms with Crippen molar-refractivity contribution >= 4 is 16.2 Å². The molecule has 0 atom stereocenters. The fourth-order valence-corrected chi connectivity index (χ4v) is 6.71. The molecule has 0 saturated heterocycles. The minimum absolute atomic E-state index is 0.136. The van der Waals surface area contributed by atoms with E-state index in [9.17, 15) is 17.9 Å². The van der Waals surface area contributed by atoms with Crippen molar-refractivity contribution in [2.45, 2.75) is 97.0 Å². The molecule has 40 heavy (non-hydrogen) atoms. The van der Waals surface area contributed by atoms with Gasteiger partial charge in [0.25, 0.3) is 0 Å². The number of hydrogen-bond acceptors (Lipinski definition) is 6. The molecule has 1 heterocycles. The summed E-state index contributed by atoms with van der Waals surface area (Å²) < 4.78 is 48.8. The maximum Gasteiger partial charge on any atom is 0.316 e. The summed E-state index contributed by atoms with van der Waals surface area (Å²) in [7, 11) is -2.68. The number of aromatic nitrogens is 1. The molecule has 0 spiro atoms. The Hall–Kier alpha value is -3.10. The van der Waals surface area contributed by atoms with Crippen molar-refractivity contribution in [3.05, 3.63) is 69.8 Å². The Labute approximate surface area is 237 Å². The van der Waals surface area contributed by atoms with Gasteiger partial charge in [0.05, 0.1) is 11.3 Å². The number of fused-ring (bicyclic) bond motifs is 1. The largest absolute Gasteiger partial charge is 0.457 e. The van der Waals surface area contributed by atoms with Crippen LogP contribution >= 0.6 is 0 Å². The van der Waals surface area contributed by atoms with Crippen LogP contribution in [0.4, 0.5) is 10.1 Å². The Morgan fingerprint density at radius 3 is 2.33 bits per heavy atom. The number of nitrogens with zero attached hydrogens (tertiary/aromatic N) is 2. The average Bonchev–Trinajstić information content (AvgIpc) is 2.90. The average molecular weight is 565 g/mol. The Kier molecular flexibility index (Phi) is 8.11. The molecule has 3 aromatic rings. The zero-order valence-corrected chi connectivity index (χ0v) is 24.5. The second-order valence-corrected chi connectivity index (χ2v) is 12.4. The molecule has 0 unspecified atom stereocenters. The molecule has 0 bridgehead atoms. The van der Waals surface area contributed by atoms with E-state index in [4.69, 9.17) is 9.72 Å². The number of benzene rings is 2. The summed E-state index contributed by atoms with van der Waals surface area (Å²) in [6.45, 7) is 7.04. The van der Waals surface area contributed by atoms with Crippen LogP contribution in [0.25, 0.3) is 11.1 Å². The van der Waals surface area contributed by atoms with Crippen molar-refractivity contribution in [1.82, 2.24) is 4.98 Å². The highest BCUT2D eigenvalue weighted by Crippen LogP contribution is 2.48. The molecular weight excluding hydrogens is 527 g/mol. The van der Waals surface area contributed by atoms with Gasteiger partial charge in [0, 0.05) is 17.2 Å². The molecule has 2 aromatic carbocycles. The lowest BCUT2D eigenvalue weighted by atomic mass is 9.80. The molecule has 1 fully saturated rings. The fourth-order valence-electron chi connectivity index (χ4n) is 6.37.